The number of nitrogens with zero attached hydrogens (tertiary/aromatic N) is 2. The number of nitrogens with two attached hydrogens (primary N) is 1. The maximum atomic E-state index is 12.6. The molecule has 0 saturated carbocycles. The van der Waals surface area contributed by atoms with Crippen molar-refractivity contribution in [3.63, 3.8) is 0 Å². The van der Waals surface area contributed by atoms with E-state index in [1.165, 1.54) is 4.90 Å². The molecule has 19 heavy (non-hydrogen) atoms. The van der Waals surface area contributed by atoms with Crippen LogP contribution in [0.3, 0.4) is 0 Å². The second kappa shape index (κ2) is 4.91. The Morgan fingerprint density at radius 1 is 1.32 bits per heavy atom. The van der Waals surface area contributed by atoms with Crippen LogP contribution in [0.2, 0.25) is 0 Å². The average Bonchev–Trinajstić information content (AvgIpc) is 2.42. The molecule has 0 saturated heterocycles. The molecule has 0 aliphatic carbocycles. The molecule has 1 aromatic rings. The maximum absolute atomic E-state index is 12.6. The van der Waals surface area contributed by atoms with E-state index in [9.17, 15) is 9.59 Å². The number of hydrogen-bond acceptors (Lipinski definition) is 3. The quantitative estimate of drug-likeness (QED) is 0.817. The molecule has 2 amide bonds. The highest BCUT2D eigenvalue weighted by molar-refractivity contribution is 6.12. The van der Waals surface area contributed by atoms with Crippen molar-refractivity contribution in [2.75, 3.05) is 30.8 Å². The first-order chi connectivity index (χ1) is 8.91. The minimum atomic E-state index is -0.167. The van der Waals surface area contributed by atoms with Gasteiger partial charge in [-0.2, -0.15) is 0 Å². The molecule has 0 unspecified atom stereocenters. The minimum absolute atomic E-state index is 0.0987. The highest BCUT2D eigenvalue weighted by Gasteiger charge is 2.31. The van der Waals surface area contributed by atoms with E-state index in [0.29, 0.717) is 29.4 Å². The second-order valence-corrected chi connectivity index (χ2v) is 5.27. The van der Waals surface area contributed by atoms with E-state index < -0.39 is 0 Å². The van der Waals surface area contributed by atoms with Crippen molar-refractivity contribution < 1.29 is 9.59 Å². The molecular weight excluding hydrogens is 242 g/mol. The predicted octanol–water partition coefficient (Wildman–Crippen LogP) is 1.34. The van der Waals surface area contributed by atoms with E-state index in [4.69, 9.17) is 5.73 Å². The third kappa shape index (κ3) is 2.41. The Labute approximate surface area is 113 Å². The van der Waals surface area contributed by atoms with Gasteiger partial charge in [0.25, 0.3) is 5.91 Å². The van der Waals surface area contributed by atoms with Gasteiger partial charge in [-0.3, -0.25) is 9.59 Å². The Bertz CT molecular complexity index is 525. The molecule has 2 rings (SSSR count). The van der Waals surface area contributed by atoms with Crippen molar-refractivity contribution in [1.29, 1.82) is 0 Å². The molecule has 5 heteroatoms. The topological polar surface area (TPSA) is 66.6 Å². The minimum Gasteiger partial charge on any atom is -0.398 e. The Morgan fingerprint density at radius 3 is 2.63 bits per heavy atom. The van der Waals surface area contributed by atoms with Gasteiger partial charge < -0.3 is 15.5 Å². The summed E-state index contributed by atoms with van der Waals surface area (Å²) >= 11 is 0. The summed E-state index contributed by atoms with van der Waals surface area (Å²) in [7, 11) is 1.67. The van der Waals surface area contributed by atoms with Gasteiger partial charge in [0.2, 0.25) is 5.91 Å². The Balaban J connectivity index is 2.52. The predicted molar refractivity (Wildman–Crippen MR) is 75.0 cm³/mol. The van der Waals surface area contributed by atoms with Gasteiger partial charge in [0.1, 0.15) is 6.54 Å². The number of fused-ring (bicyclic) bond motifs is 1. The maximum Gasteiger partial charge on any atom is 0.258 e. The van der Waals surface area contributed by atoms with Crippen LogP contribution in [0.1, 0.15) is 24.2 Å². The monoisotopic (exact) mass is 261 g/mol. The number of benzene rings is 1. The number of rotatable bonds is 2. The molecule has 0 spiro atoms. The molecule has 0 bridgehead atoms. The van der Waals surface area contributed by atoms with E-state index in [2.05, 4.69) is 0 Å². The lowest BCUT2D eigenvalue weighted by Gasteiger charge is -2.22. The van der Waals surface area contributed by atoms with Crippen molar-refractivity contribution in [2.45, 2.75) is 13.8 Å². The molecular formula is C14H19N3O2. The standard InChI is InChI=1S/C14H19N3O2/c1-9(2)7-17-8-12(18)16(3)11-6-4-5-10(15)13(11)14(17)19/h4-6,9H,7-8,15H2,1-3H3. The molecule has 0 aromatic heterocycles. The van der Waals surface area contributed by atoms with E-state index in [-0.39, 0.29) is 18.4 Å². The van der Waals surface area contributed by atoms with E-state index in [1.807, 2.05) is 13.8 Å². The lowest BCUT2D eigenvalue weighted by atomic mass is 10.1. The first-order valence-electron chi connectivity index (χ1n) is 6.36. The van der Waals surface area contributed by atoms with Gasteiger partial charge in [0, 0.05) is 19.3 Å². The van der Waals surface area contributed by atoms with Crippen LogP contribution in [0.5, 0.6) is 0 Å². The number of nitrogen functional groups attached to an aromatic ring is 1. The van der Waals surface area contributed by atoms with Gasteiger partial charge in [0.15, 0.2) is 0 Å². The largest absolute Gasteiger partial charge is 0.398 e. The van der Waals surface area contributed by atoms with E-state index in [0.717, 1.165) is 0 Å². The third-order valence-electron chi connectivity index (χ3n) is 3.22. The molecule has 1 aliphatic heterocycles. The highest BCUT2D eigenvalue weighted by Crippen LogP contribution is 2.29. The van der Waals surface area contributed by atoms with Crippen LogP contribution in [-0.4, -0.2) is 36.9 Å². The summed E-state index contributed by atoms with van der Waals surface area (Å²) in [5, 5.41) is 0. The molecule has 0 fully saturated rings. The fourth-order valence-corrected chi connectivity index (χ4v) is 2.29. The second-order valence-electron chi connectivity index (χ2n) is 5.27. The van der Waals surface area contributed by atoms with Crippen LogP contribution < -0.4 is 10.6 Å². The highest BCUT2D eigenvalue weighted by atomic mass is 16.2. The summed E-state index contributed by atoms with van der Waals surface area (Å²) in [5.74, 6) is 0.0337. The van der Waals surface area contributed by atoms with Gasteiger partial charge in [0.05, 0.1) is 11.3 Å². The van der Waals surface area contributed by atoms with Crippen molar-refractivity contribution >= 4 is 23.2 Å². The van der Waals surface area contributed by atoms with Crippen LogP contribution >= 0.6 is 0 Å². The van der Waals surface area contributed by atoms with Crippen LogP contribution in [0.15, 0.2) is 18.2 Å². The Hall–Kier alpha value is -2.04. The summed E-state index contributed by atoms with van der Waals surface area (Å²) in [4.78, 5) is 27.7. The summed E-state index contributed by atoms with van der Waals surface area (Å²) in [6.45, 7) is 4.68. The first kappa shape index (κ1) is 13.4. The Morgan fingerprint density at radius 2 is 2.00 bits per heavy atom. The molecule has 0 radical (unpaired) electrons. The van der Waals surface area contributed by atoms with Crippen molar-refractivity contribution in [2.24, 2.45) is 5.92 Å². The van der Waals surface area contributed by atoms with Gasteiger partial charge in [-0.05, 0) is 18.1 Å². The molecule has 2 N–H and O–H groups in total. The average molecular weight is 261 g/mol. The van der Waals surface area contributed by atoms with Gasteiger partial charge in [-0.25, -0.2) is 0 Å². The zero-order chi connectivity index (χ0) is 14.2. The molecule has 0 atom stereocenters. The molecule has 5 nitrogen and oxygen atoms in total. The van der Waals surface area contributed by atoms with E-state index in [1.54, 1.807) is 30.1 Å². The number of likely N-dealkylation sites (N-methyl/N-ethyl adjacent to an activating group) is 1. The van der Waals surface area contributed by atoms with Gasteiger partial charge in [-0.15, -0.1) is 0 Å². The fraction of sp³-hybridized carbons (Fsp3) is 0.429. The molecule has 1 heterocycles. The first-order valence-corrected chi connectivity index (χ1v) is 6.36. The van der Waals surface area contributed by atoms with Gasteiger partial charge >= 0.3 is 0 Å². The summed E-state index contributed by atoms with van der Waals surface area (Å²) < 4.78 is 0. The SMILES string of the molecule is CC(C)CN1CC(=O)N(C)c2cccc(N)c2C1=O. The van der Waals surface area contributed by atoms with Crippen LogP contribution in [-0.2, 0) is 4.79 Å². The lowest BCUT2D eigenvalue weighted by Crippen LogP contribution is -2.39. The van der Waals surface area contributed by atoms with Crippen LogP contribution in [0.25, 0.3) is 0 Å². The summed E-state index contributed by atoms with van der Waals surface area (Å²) in [5.41, 5.74) is 7.34. The lowest BCUT2D eigenvalue weighted by molar-refractivity contribution is -0.118. The molecule has 1 aliphatic rings. The number of amides is 2. The summed E-state index contributed by atoms with van der Waals surface area (Å²) in [6, 6.07) is 5.19. The Kier molecular flexibility index (Phi) is 3.46. The number of carbonyl (C=O) groups excluding carboxylic acids is 2. The molecule has 102 valence electrons. The van der Waals surface area contributed by atoms with Crippen LogP contribution in [0, 0.1) is 5.92 Å². The van der Waals surface area contributed by atoms with Crippen molar-refractivity contribution in [3.8, 4) is 0 Å². The van der Waals surface area contributed by atoms with E-state index >= 15 is 0 Å². The number of carbonyl (C=O) groups is 2. The van der Waals surface area contributed by atoms with Crippen molar-refractivity contribution in [1.82, 2.24) is 4.90 Å². The number of hydrogen-bond donors (Lipinski definition) is 1. The smallest absolute Gasteiger partial charge is 0.258 e. The van der Waals surface area contributed by atoms with Crippen LogP contribution in [0.4, 0.5) is 11.4 Å². The summed E-state index contributed by atoms with van der Waals surface area (Å²) in [6.07, 6.45) is 0. The zero-order valence-electron chi connectivity index (χ0n) is 11.5. The third-order valence-corrected chi connectivity index (χ3v) is 3.22. The normalized spacial score (nSPS) is 15.8. The fourth-order valence-electron chi connectivity index (χ4n) is 2.29. The van der Waals surface area contributed by atoms with Crippen molar-refractivity contribution in [3.05, 3.63) is 23.8 Å². The zero-order valence-corrected chi connectivity index (χ0v) is 11.5. The number of anilines is 2. The molecule has 1 aromatic carbocycles. The van der Waals surface area contributed by atoms with Gasteiger partial charge in [-0.1, -0.05) is 19.9 Å².